The number of rotatable bonds is 4. The number of carbonyl (C=O) groups excluding carboxylic acids is 1. The van der Waals surface area contributed by atoms with Crippen LogP contribution in [0.5, 0.6) is 0 Å². The second-order valence-electron chi connectivity index (χ2n) is 7.49. The maximum Gasteiger partial charge on any atom is 0.251 e. The molecule has 0 saturated carbocycles. The van der Waals surface area contributed by atoms with Crippen molar-refractivity contribution >= 4 is 11.9 Å². The summed E-state index contributed by atoms with van der Waals surface area (Å²) >= 11 is 0. The third kappa shape index (κ3) is 3.40. The minimum Gasteiger partial charge on any atom is -0.352 e. The molecule has 1 aliphatic heterocycles. The molecule has 1 heterocycles. The monoisotopic (exact) mass is 330 g/mol. The van der Waals surface area contributed by atoms with Crippen molar-refractivity contribution in [2.45, 2.75) is 46.7 Å². The molecule has 0 bridgehead atoms. The molecule has 1 amide bonds. The van der Waals surface area contributed by atoms with Crippen LogP contribution in [0.3, 0.4) is 0 Å². The first-order valence-electron chi connectivity index (χ1n) is 8.58. The summed E-state index contributed by atoms with van der Waals surface area (Å²) in [7, 11) is 1.82. The van der Waals surface area contributed by atoms with Crippen LogP contribution in [0, 0.1) is 5.41 Å². The van der Waals surface area contributed by atoms with Crippen molar-refractivity contribution in [3.05, 3.63) is 35.4 Å². The Morgan fingerprint density at radius 1 is 1.17 bits per heavy atom. The SMILES string of the molecule is CCNC(=O)c1ccc(CNC(=NC)N2CC(C)(C)C2(C)C)cc1. The molecular weight excluding hydrogens is 300 g/mol. The average molecular weight is 330 g/mol. The summed E-state index contributed by atoms with van der Waals surface area (Å²) in [5, 5.41) is 6.24. The first-order valence-corrected chi connectivity index (χ1v) is 8.58. The molecule has 1 aromatic carbocycles. The van der Waals surface area contributed by atoms with Gasteiger partial charge in [-0.05, 0) is 38.5 Å². The number of likely N-dealkylation sites (tertiary alicyclic amines) is 1. The average Bonchev–Trinajstić information content (AvgIpc) is 2.55. The van der Waals surface area contributed by atoms with Gasteiger partial charge in [0.1, 0.15) is 0 Å². The van der Waals surface area contributed by atoms with Gasteiger partial charge in [-0.3, -0.25) is 9.79 Å². The van der Waals surface area contributed by atoms with Crippen LogP contribution >= 0.6 is 0 Å². The predicted octanol–water partition coefficient (Wildman–Crippen LogP) is 2.63. The lowest BCUT2D eigenvalue weighted by atomic mass is 9.65. The molecule has 0 aromatic heterocycles. The number of benzene rings is 1. The van der Waals surface area contributed by atoms with Gasteiger partial charge in [0.2, 0.25) is 0 Å². The number of amides is 1. The molecule has 0 radical (unpaired) electrons. The molecule has 0 spiro atoms. The molecule has 1 aliphatic rings. The molecule has 0 unspecified atom stereocenters. The zero-order valence-electron chi connectivity index (χ0n) is 15.7. The highest BCUT2D eigenvalue weighted by Gasteiger charge is 2.53. The van der Waals surface area contributed by atoms with E-state index in [0.717, 1.165) is 18.1 Å². The Hall–Kier alpha value is -2.04. The number of carbonyl (C=O) groups is 1. The molecule has 2 N–H and O–H groups in total. The summed E-state index contributed by atoms with van der Waals surface area (Å²) < 4.78 is 0. The summed E-state index contributed by atoms with van der Waals surface area (Å²) in [5.41, 5.74) is 2.17. The fraction of sp³-hybridized carbons (Fsp3) is 0.579. The van der Waals surface area contributed by atoms with Gasteiger partial charge in [0.25, 0.3) is 5.91 Å². The van der Waals surface area contributed by atoms with Crippen LogP contribution in [0.2, 0.25) is 0 Å². The Kier molecular flexibility index (Phi) is 5.21. The molecule has 0 atom stereocenters. The normalized spacial score (nSPS) is 18.8. The first kappa shape index (κ1) is 18.3. The highest BCUT2D eigenvalue weighted by atomic mass is 16.1. The molecule has 2 rings (SSSR count). The van der Waals surface area contributed by atoms with Crippen molar-refractivity contribution in [3.8, 4) is 0 Å². The number of hydrogen-bond acceptors (Lipinski definition) is 2. The van der Waals surface area contributed by atoms with Crippen LogP contribution in [0.1, 0.15) is 50.5 Å². The summed E-state index contributed by atoms with van der Waals surface area (Å²) in [6, 6.07) is 7.69. The van der Waals surface area contributed by atoms with Gasteiger partial charge in [0, 0.05) is 43.2 Å². The van der Waals surface area contributed by atoms with Gasteiger partial charge in [0.05, 0.1) is 0 Å². The van der Waals surface area contributed by atoms with Gasteiger partial charge < -0.3 is 15.5 Å². The quantitative estimate of drug-likeness (QED) is 0.659. The highest BCUT2D eigenvalue weighted by Crippen LogP contribution is 2.46. The van der Waals surface area contributed by atoms with E-state index in [1.807, 2.05) is 38.2 Å². The van der Waals surface area contributed by atoms with E-state index in [2.05, 4.69) is 48.2 Å². The Bertz CT molecular complexity index is 617. The van der Waals surface area contributed by atoms with Gasteiger partial charge in [-0.25, -0.2) is 0 Å². The van der Waals surface area contributed by atoms with Crippen LogP contribution in [0.15, 0.2) is 29.3 Å². The molecule has 132 valence electrons. The molecular formula is C19H30N4O. The highest BCUT2D eigenvalue weighted by molar-refractivity contribution is 5.94. The van der Waals surface area contributed by atoms with Gasteiger partial charge in [-0.1, -0.05) is 26.0 Å². The van der Waals surface area contributed by atoms with Gasteiger partial charge in [0.15, 0.2) is 5.96 Å². The third-order valence-corrected chi connectivity index (χ3v) is 5.36. The zero-order valence-corrected chi connectivity index (χ0v) is 15.7. The van der Waals surface area contributed by atoms with E-state index in [1.54, 1.807) is 0 Å². The first-order chi connectivity index (χ1) is 11.2. The minimum atomic E-state index is -0.0302. The molecule has 1 saturated heterocycles. The molecule has 0 aliphatic carbocycles. The van der Waals surface area contributed by atoms with Gasteiger partial charge >= 0.3 is 0 Å². The van der Waals surface area contributed by atoms with Crippen molar-refractivity contribution < 1.29 is 4.79 Å². The Morgan fingerprint density at radius 3 is 2.25 bits per heavy atom. The molecule has 5 nitrogen and oxygen atoms in total. The lowest BCUT2D eigenvalue weighted by Crippen LogP contribution is -2.72. The second-order valence-corrected chi connectivity index (χ2v) is 7.49. The summed E-state index contributed by atoms with van der Waals surface area (Å²) in [6.45, 7) is 13.3. The second kappa shape index (κ2) is 6.83. The van der Waals surface area contributed by atoms with Crippen LogP contribution < -0.4 is 10.6 Å². The van der Waals surface area contributed by atoms with Gasteiger partial charge in [-0.2, -0.15) is 0 Å². The third-order valence-electron chi connectivity index (χ3n) is 5.36. The maximum atomic E-state index is 11.8. The number of guanidine groups is 1. The van der Waals surface area contributed by atoms with Crippen molar-refractivity contribution in [3.63, 3.8) is 0 Å². The molecule has 1 aromatic rings. The fourth-order valence-electron chi connectivity index (χ4n) is 2.91. The van der Waals surface area contributed by atoms with Crippen LogP contribution in [-0.4, -0.2) is 42.4 Å². The van der Waals surface area contributed by atoms with E-state index < -0.39 is 0 Å². The van der Waals surface area contributed by atoms with Crippen LogP contribution in [-0.2, 0) is 6.54 Å². The van der Waals surface area contributed by atoms with Crippen molar-refractivity contribution in [2.24, 2.45) is 10.4 Å². The largest absolute Gasteiger partial charge is 0.352 e. The summed E-state index contributed by atoms with van der Waals surface area (Å²) in [5.74, 6) is 0.893. The predicted molar refractivity (Wildman–Crippen MR) is 99.2 cm³/mol. The number of nitrogens with one attached hydrogen (secondary N) is 2. The molecule has 24 heavy (non-hydrogen) atoms. The molecule has 5 heteroatoms. The van der Waals surface area contributed by atoms with Crippen LogP contribution in [0.4, 0.5) is 0 Å². The van der Waals surface area contributed by atoms with E-state index >= 15 is 0 Å². The maximum absolute atomic E-state index is 11.8. The molecule has 1 fully saturated rings. The van der Waals surface area contributed by atoms with E-state index in [-0.39, 0.29) is 16.9 Å². The summed E-state index contributed by atoms with van der Waals surface area (Å²) in [4.78, 5) is 18.5. The smallest absolute Gasteiger partial charge is 0.251 e. The van der Waals surface area contributed by atoms with Crippen molar-refractivity contribution in [2.75, 3.05) is 20.1 Å². The Labute approximate surface area is 145 Å². The lowest BCUT2D eigenvalue weighted by Gasteiger charge is -2.62. The van der Waals surface area contributed by atoms with Gasteiger partial charge in [-0.15, -0.1) is 0 Å². The van der Waals surface area contributed by atoms with Crippen molar-refractivity contribution in [1.82, 2.24) is 15.5 Å². The lowest BCUT2D eigenvalue weighted by molar-refractivity contribution is -0.0667. The van der Waals surface area contributed by atoms with Crippen molar-refractivity contribution in [1.29, 1.82) is 0 Å². The zero-order chi connectivity index (χ0) is 18.0. The summed E-state index contributed by atoms with van der Waals surface area (Å²) in [6.07, 6.45) is 0. The Morgan fingerprint density at radius 2 is 1.79 bits per heavy atom. The van der Waals surface area contributed by atoms with E-state index in [9.17, 15) is 4.79 Å². The number of nitrogens with zero attached hydrogens (tertiary/aromatic N) is 2. The topological polar surface area (TPSA) is 56.7 Å². The number of hydrogen-bond donors (Lipinski definition) is 2. The van der Waals surface area contributed by atoms with Crippen LogP contribution in [0.25, 0.3) is 0 Å². The Balaban J connectivity index is 1.96. The van der Waals surface area contributed by atoms with E-state index in [1.165, 1.54) is 0 Å². The number of aliphatic imine (C=N–C) groups is 1. The minimum absolute atomic E-state index is 0.0302. The fourth-order valence-corrected chi connectivity index (χ4v) is 2.91. The van der Waals surface area contributed by atoms with E-state index in [0.29, 0.717) is 18.7 Å². The standard InChI is InChI=1S/C19H30N4O/c1-7-21-16(24)15-10-8-14(9-11-15)12-22-17(20-6)23-13-18(2,3)19(23,4)5/h8-11H,7,12-13H2,1-6H3,(H,20,22)(H,21,24). The van der Waals surface area contributed by atoms with E-state index in [4.69, 9.17) is 0 Å².